The maximum atomic E-state index is 13.8. The van der Waals surface area contributed by atoms with E-state index in [0.717, 1.165) is 14.7 Å². The third-order valence-corrected chi connectivity index (χ3v) is 7.63. The Balaban J connectivity index is 1.89. The molecule has 0 spiro atoms. The van der Waals surface area contributed by atoms with E-state index in [1.807, 2.05) is 24.3 Å². The maximum Gasteiger partial charge on any atom is 0.338 e. The SMILES string of the molecule is C=CCOc1c(I)cc(/C=c2/sc3n(c2=O)C(c2ccc(OC)cc2)C(C(=O)OCC)=C(C)N=3)cc1OC. The van der Waals surface area contributed by atoms with E-state index in [9.17, 15) is 9.59 Å². The van der Waals surface area contributed by atoms with E-state index in [0.29, 0.717) is 44.5 Å². The molecule has 8 nitrogen and oxygen atoms in total. The summed E-state index contributed by atoms with van der Waals surface area (Å²) in [6.07, 6.45) is 3.45. The predicted molar refractivity (Wildman–Crippen MR) is 155 cm³/mol. The largest absolute Gasteiger partial charge is 0.497 e. The van der Waals surface area contributed by atoms with Crippen LogP contribution in [0.3, 0.4) is 0 Å². The molecule has 2 heterocycles. The van der Waals surface area contributed by atoms with E-state index in [-0.39, 0.29) is 12.2 Å². The molecule has 0 bridgehead atoms. The molecule has 0 saturated heterocycles. The van der Waals surface area contributed by atoms with Crippen molar-refractivity contribution < 1.29 is 23.7 Å². The average molecular weight is 647 g/mol. The van der Waals surface area contributed by atoms with Gasteiger partial charge < -0.3 is 18.9 Å². The summed E-state index contributed by atoms with van der Waals surface area (Å²) in [5, 5.41) is 0. The zero-order chi connectivity index (χ0) is 27.4. The molecular weight excluding hydrogens is 619 g/mol. The number of halogens is 1. The summed E-state index contributed by atoms with van der Waals surface area (Å²) in [6.45, 7) is 7.75. The Bertz CT molecular complexity index is 1590. The van der Waals surface area contributed by atoms with Gasteiger partial charge in [0.1, 0.15) is 12.4 Å². The smallest absolute Gasteiger partial charge is 0.338 e. The number of fused-ring (bicyclic) bond motifs is 1. The molecule has 1 unspecified atom stereocenters. The molecule has 1 aromatic heterocycles. The summed E-state index contributed by atoms with van der Waals surface area (Å²) in [4.78, 5) is 32.0. The highest BCUT2D eigenvalue weighted by atomic mass is 127. The molecule has 3 aromatic rings. The molecule has 1 atom stereocenters. The van der Waals surface area contributed by atoms with Crippen molar-refractivity contribution in [1.29, 1.82) is 0 Å². The molecule has 0 radical (unpaired) electrons. The van der Waals surface area contributed by atoms with Crippen LogP contribution >= 0.6 is 33.9 Å². The van der Waals surface area contributed by atoms with Crippen LogP contribution < -0.4 is 29.1 Å². The van der Waals surface area contributed by atoms with Crippen molar-refractivity contribution in [3.63, 3.8) is 0 Å². The lowest BCUT2D eigenvalue weighted by Crippen LogP contribution is -2.39. The second-order valence-corrected chi connectivity index (χ2v) is 10.4. The molecule has 1 aliphatic rings. The van der Waals surface area contributed by atoms with Crippen molar-refractivity contribution in [1.82, 2.24) is 4.57 Å². The van der Waals surface area contributed by atoms with Gasteiger partial charge in [0, 0.05) is 0 Å². The number of carbonyl (C=O) groups excluding carboxylic acids is 1. The Morgan fingerprint density at radius 1 is 1.21 bits per heavy atom. The van der Waals surface area contributed by atoms with Crippen LogP contribution in [0.5, 0.6) is 17.2 Å². The van der Waals surface area contributed by atoms with E-state index in [1.165, 1.54) is 11.3 Å². The van der Waals surface area contributed by atoms with E-state index >= 15 is 0 Å². The quantitative estimate of drug-likeness (QED) is 0.199. The van der Waals surface area contributed by atoms with Gasteiger partial charge in [0.05, 0.1) is 46.2 Å². The topological polar surface area (TPSA) is 88.4 Å². The third-order valence-electron chi connectivity index (χ3n) is 5.84. The number of methoxy groups -OCH3 is 2. The Kier molecular flexibility index (Phi) is 8.72. The first-order chi connectivity index (χ1) is 18.3. The van der Waals surface area contributed by atoms with Gasteiger partial charge in [-0.15, -0.1) is 0 Å². The van der Waals surface area contributed by atoms with Gasteiger partial charge in [-0.1, -0.05) is 36.1 Å². The van der Waals surface area contributed by atoms with Gasteiger partial charge in [0.15, 0.2) is 16.3 Å². The molecule has 198 valence electrons. The summed E-state index contributed by atoms with van der Waals surface area (Å²) in [6, 6.07) is 10.3. The number of nitrogens with zero attached hydrogens (tertiary/aromatic N) is 2. The molecule has 0 amide bonds. The predicted octanol–water partition coefficient (Wildman–Crippen LogP) is 3.98. The van der Waals surface area contributed by atoms with E-state index in [2.05, 4.69) is 34.2 Å². The number of allylic oxidation sites excluding steroid dienone is 1. The van der Waals surface area contributed by atoms with Crippen molar-refractivity contribution in [2.45, 2.75) is 19.9 Å². The monoisotopic (exact) mass is 646 g/mol. The van der Waals surface area contributed by atoms with Gasteiger partial charge in [-0.3, -0.25) is 9.36 Å². The minimum absolute atomic E-state index is 0.211. The van der Waals surface area contributed by atoms with Crippen LogP contribution in [0.15, 0.2) is 70.1 Å². The number of benzene rings is 2. The third kappa shape index (κ3) is 5.41. The standard InChI is InChI=1S/C28H27IN2O6S/c1-6-12-37-25-20(29)13-17(14-21(25)35-5)15-22-26(32)31-24(18-8-10-19(34-4)11-9-18)23(27(33)36-7-2)16(3)30-28(31)38-22/h6,8-11,13-15,24H,1,7,12H2,2-5H3/b22-15+. The minimum atomic E-state index is -0.692. The molecule has 0 N–H and O–H groups in total. The minimum Gasteiger partial charge on any atom is -0.497 e. The maximum absolute atomic E-state index is 13.8. The molecule has 1 aliphatic heterocycles. The van der Waals surface area contributed by atoms with Crippen molar-refractivity contribution in [2.75, 3.05) is 27.4 Å². The lowest BCUT2D eigenvalue weighted by molar-refractivity contribution is -0.139. The number of hydrogen-bond acceptors (Lipinski definition) is 8. The van der Waals surface area contributed by atoms with Crippen LogP contribution in [0.2, 0.25) is 0 Å². The van der Waals surface area contributed by atoms with E-state index < -0.39 is 12.0 Å². The van der Waals surface area contributed by atoms with Gasteiger partial charge >= 0.3 is 5.97 Å². The lowest BCUT2D eigenvalue weighted by atomic mass is 9.96. The Morgan fingerprint density at radius 2 is 1.95 bits per heavy atom. The average Bonchev–Trinajstić information content (AvgIpc) is 3.21. The van der Waals surface area contributed by atoms with Crippen molar-refractivity contribution >= 4 is 46.0 Å². The first-order valence-electron chi connectivity index (χ1n) is 11.8. The van der Waals surface area contributed by atoms with Crippen LogP contribution in [0, 0.1) is 3.57 Å². The summed E-state index contributed by atoms with van der Waals surface area (Å²) in [5.41, 5.74) is 2.10. The van der Waals surface area contributed by atoms with Gasteiger partial charge in [0.25, 0.3) is 5.56 Å². The fraction of sp³-hybridized carbons (Fsp3) is 0.250. The number of thiazole rings is 1. The second-order valence-electron chi connectivity index (χ2n) is 8.21. The number of carbonyl (C=O) groups is 1. The summed E-state index contributed by atoms with van der Waals surface area (Å²) >= 11 is 3.43. The van der Waals surface area contributed by atoms with Crippen LogP contribution in [-0.4, -0.2) is 38.0 Å². The highest BCUT2D eigenvalue weighted by Gasteiger charge is 2.33. The molecule has 0 saturated carbocycles. The number of ether oxygens (including phenoxy) is 4. The first kappa shape index (κ1) is 27.6. The summed E-state index contributed by atoms with van der Waals surface area (Å²) < 4.78 is 24.8. The van der Waals surface area contributed by atoms with Gasteiger partial charge in [-0.2, -0.15) is 0 Å². The van der Waals surface area contributed by atoms with Crippen LogP contribution in [-0.2, 0) is 9.53 Å². The van der Waals surface area contributed by atoms with Crippen LogP contribution in [0.4, 0.5) is 0 Å². The zero-order valence-corrected chi connectivity index (χ0v) is 24.4. The molecule has 10 heteroatoms. The number of esters is 1. The molecule has 4 rings (SSSR count). The van der Waals surface area contributed by atoms with Gasteiger partial charge in [-0.05, 0) is 77.9 Å². The normalized spacial score (nSPS) is 15.0. The highest BCUT2D eigenvalue weighted by molar-refractivity contribution is 14.1. The van der Waals surface area contributed by atoms with Crippen molar-refractivity contribution in [2.24, 2.45) is 4.99 Å². The Morgan fingerprint density at radius 3 is 2.58 bits per heavy atom. The van der Waals surface area contributed by atoms with Gasteiger partial charge in [0.2, 0.25) is 0 Å². The van der Waals surface area contributed by atoms with Crippen LogP contribution in [0.25, 0.3) is 6.08 Å². The number of rotatable bonds is 9. The number of aromatic nitrogens is 1. The molecule has 0 fully saturated rings. The Labute approximate surface area is 237 Å². The Hall–Kier alpha value is -3.38. The van der Waals surface area contributed by atoms with E-state index in [1.54, 1.807) is 56.9 Å². The summed E-state index contributed by atoms with van der Waals surface area (Å²) in [5.74, 6) is 1.33. The first-order valence-corrected chi connectivity index (χ1v) is 13.7. The van der Waals surface area contributed by atoms with Crippen LogP contribution in [0.1, 0.15) is 31.0 Å². The molecule has 38 heavy (non-hydrogen) atoms. The molecular formula is C28H27IN2O6S. The van der Waals surface area contributed by atoms with Crippen molar-refractivity contribution in [3.05, 3.63) is 94.7 Å². The fourth-order valence-electron chi connectivity index (χ4n) is 4.15. The molecule has 0 aliphatic carbocycles. The van der Waals surface area contributed by atoms with Crippen molar-refractivity contribution in [3.8, 4) is 17.2 Å². The highest BCUT2D eigenvalue weighted by Crippen LogP contribution is 2.34. The van der Waals surface area contributed by atoms with E-state index in [4.69, 9.17) is 18.9 Å². The summed E-state index contributed by atoms with van der Waals surface area (Å²) in [7, 11) is 3.15. The zero-order valence-electron chi connectivity index (χ0n) is 21.4. The lowest BCUT2D eigenvalue weighted by Gasteiger charge is -2.24. The molecule has 2 aromatic carbocycles. The number of hydrogen-bond donors (Lipinski definition) is 0. The second kappa shape index (κ2) is 12.0. The fourth-order valence-corrected chi connectivity index (χ4v) is 5.98. The van der Waals surface area contributed by atoms with Gasteiger partial charge in [-0.25, -0.2) is 9.79 Å².